The van der Waals surface area contributed by atoms with Gasteiger partial charge in [-0.3, -0.25) is 9.59 Å². The molecule has 38 heavy (non-hydrogen) atoms. The zero-order valence-corrected chi connectivity index (χ0v) is 22.7. The van der Waals surface area contributed by atoms with E-state index >= 15 is 0 Å². The maximum Gasteiger partial charge on any atom is 0.250 e. The van der Waals surface area contributed by atoms with Gasteiger partial charge < -0.3 is 15.1 Å². The molecule has 5 rings (SSSR count). The van der Waals surface area contributed by atoms with E-state index in [-0.39, 0.29) is 49.1 Å². The van der Waals surface area contributed by atoms with Crippen LogP contribution in [0.3, 0.4) is 0 Å². The molecule has 8 nitrogen and oxygen atoms in total. The van der Waals surface area contributed by atoms with E-state index in [4.69, 9.17) is 0 Å². The molecule has 0 unspecified atom stereocenters. The Morgan fingerprint density at radius 1 is 0.974 bits per heavy atom. The average Bonchev–Trinajstić information content (AvgIpc) is 3.19. The minimum Gasteiger partial charge on any atom is -0.352 e. The molecule has 0 aromatic heterocycles. The third kappa shape index (κ3) is 4.76. The highest BCUT2D eigenvalue weighted by Crippen LogP contribution is 2.40. The fraction of sp³-hybridized carbons (Fsp3) is 0.379. The average molecular weight is 535 g/mol. The van der Waals surface area contributed by atoms with Crippen LogP contribution >= 0.6 is 0 Å². The number of carbonyl (C=O) groups is 2. The van der Waals surface area contributed by atoms with E-state index in [1.54, 1.807) is 17.0 Å². The Morgan fingerprint density at radius 3 is 2.32 bits per heavy atom. The molecule has 0 saturated carbocycles. The Kier molecular flexibility index (Phi) is 7.15. The van der Waals surface area contributed by atoms with Crippen LogP contribution in [0.2, 0.25) is 0 Å². The van der Waals surface area contributed by atoms with Gasteiger partial charge in [-0.1, -0.05) is 55.5 Å². The van der Waals surface area contributed by atoms with Crippen molar-refractivity contribution in [2.75, 3.05) is 31.2 Å². The highest BCUT2D eigenvalue weighted by Gasteiger charge is 2.55. The molecule has 2 aliphatic heterocycles. The van der Waals surface area contributed by atoms with Crippen LogP contribution in [0.1, 0.15) is 33.1 Å². The first kappa shape index (κ1) is 26.2. The highest BCUT2D eigenvalue weighted by atomic mass is 32.2. The Hall–Kier alpha value is -3.43. The summed E-state index contributed by atoms with van der Waals surface area (Å²) in [4.78, 5) is 30.4. The van der Waals surface area contributed by atoms with Gasteiger partial charge in [0.15, 0.2) is 0 Å². The molecule has 2 heterocycles. The Bertz CT molecular complexity index is 1440. The summed E-state index contributed by atoms with van der Waals surface area (Å²) in [6, 6.07) is 22.6. The molecule has 2 fully saturated rings. The smallest absolute Gasteiger partial charge is 0.250 e. The van der Waals surface area contributed by atoms with Crippen molar-refractivity contribution in [3.05, 3.63) is 72.8 Å². The van der Waals surface area contributed by atoms with Crippen LogP contribution in [0, 0.1) is 0 Å². The summed E-state index contributed by atoms with van der Waals surface area (Å²) in [5.41, 5.74) is -0.00976. The largest absolute Gasteiger partial charge is 0.352 e. The van der Waals surface area contributed by atoms with Crippen molar-refractivity contribution in [1.29, 1.82) is 0 Å². The van der Waals surface area contributed by atoms with Gasteiger partial charge >= 0.3 is 0 Å². The molecule has 3 aromatic rings. The molecule has 2 amide bonds. The molecule has 3 aromatic carbocycles. The van der Waals surface area contributed by atoms with Gasteiger partial charge in [-0.05, 0) is 61.2 Å². The molecule has 0 bridgehead atoms. The number of nitrogens with zero attached hydrogens (tertiary/aromatic N) is 3. The van der Waals surface area contributed by atoms with E-state index in [0.717, 1.165) is 22.9 Å². The standard InChI is InChI=1S/C29H34N4O4S/c1-3-22(2)30-27(34)20-31-21-33(25-11-5-4-6-12-25)29(28(31)35)15-17-32(18-16-29)38(36,37)26-14-13-23-9-7-8-10-24(23)19-26/h4-14,19,22H,3,15-18,20-21H2,1-2H3,(H,30,34)/t22-/m0/s1. The molecule has 2 aliphatic rings. The highest BCUT2D eigenvalue weighted by molar-refractivity contribution is 7.89. The number of piperidine rings is 1. The lowest BCUT2D eigenvalue weighted by Crippen LogP contribution is -2.57. The second-order valence-corrected chi connectivity index (χ2v) is 12.2. The maximum absolute atomic E-state index is 13.9. The van der Waals surface area contributed by atoms with E-state index in [0.29, 0.717) is 12.8 Å². The third-order valence-electron chi connectivity index (χ3n) is 7.84. The van der Waals surface area contributed by atoms with Crippen molar-refractivity contribution in [2.45, 2.75) is 49.6 Å². The summed E-state index contributed by atoms with van der Waals surface area (Å²) in [5.74, 6) is -0.308. The summed E-state index contributed by atoms with van der Waals surface area (Å²) in [7, 11) is -3.72. The Balaban J connectivity index is 1.38. The van der Waals surface area contributed by atoms with Gasteiger partial charge in [-0.25, -0.2) is 8.42 Å². The predicted molar refractivity (Wildman–Crippen MR) is 148 cm³/mol. The minimum atomic E-state index is -3.72. The SMILES string of the molecule is CC[C@H](C)NC(=O)CN1CN(c2ccccc2)C2(CCN(S(=O)(=O)c3ccc4ccccc4c3)CC2)C1=O. The number of amides is 2. The monoisotopic (exact) mass is 534 g/mol. The quantitative estimate of drug-likeness (QED) is 0.501. The van der Waals surface area contributed by atoms with Crippen LogP contribution in [-0.2, 0) is 19.6 Å². The predicted octanol–water partition coefficient (Wildman–Crippen LogP) is 3.58. The number of nitrogens with one attached hydrogen (secondary N) is 1. The van der Waals surface area contributed by atoms with Gasteiger partial charge in [0.1, 0.15) is 12.1 Å². The molecule has 1 spiro atoms. The lowest BCUT2D eigenvalue weighted by atomic mass is 9.86. The van der Waals surface area contributed by atoms with Gasteiger partial charge in [0.2, 0.25) is 21.8 Å². The zero-order valence-electron chi connectivity index (χ0n) is 21.8. The summed E-state index contributed by atoms with van der Waals surface area (Å²) in [6.07, 6.45) is 1.50. The lowest BCUT2D eigenvalue weighted by Gasteiger charge is -2.42. The van der Waals surface area contributed by atoms with Crippen molar-refractivity contribution < 1.29 is 18.0 Å². The molecule has 200 valence electrons. The molecule has 1 N–H and O–H groups in total. The summed E-state index contributed by atoms with van der Waals surface area (Å²) in [6.45, 7) is 4.64. The minimum absolute atomic E-state index is 0.0205. The van der Waals surface area contributed by atoms with Gasteiger partial charge in [-0.15, -0.1) is 0 Å². The summed E-state index contributed by atoms with van der Waals surface area (Å²) < 4.78 is 28.6. The molecule has 2 saturated heterocycles. The molecule has 0 radical (unpaired) electrons. The number of rotatable bonds is 7. The first-order chi connectivity index (χ1) is 18.2. The van der Waals surface area contributed by atoms with Gasteiger partial charge in [-0.2, -0.15) is 4.31 Å². The summed E-state index contributed by atoms with van der Waals surface area (Å²) in [5, 5.41) is 4.79. The van der Waals surface area contributed by atoms with Crippen LogP contribution in [-0.4, -0.2) is 67.3 Å². The number of carbonyl (C=O) groups excluding carboxylic acids is 2. The van der Waals surface area contributed by atoms with Crippen molar-refractivity contribution >= 4 is 38.3 Å². The number of benzene rings is 3. The molecular formula is C29H34N4O4S. The van der Waals surface area contributed by atoms with Gasteiger partial charge in [0, 0.05) is 24.8 Å². The number of fused-ring (bicyclic) bond motifs is 1. The zero-order chi connectivity index (χ0) is 26.9. The Labute approximate surface area is 224 Å². The fourth-order valence-corrected chi connectivity index (χ4v) is 6.97. The van der Waals surface area contributed by atoms with E-state index in [1.807, 2.05) is 79.4 Å². The van der Waals surface area contributed by atoms with E-state index in [2.05, 4.69) is 5.32 Å². The fourth-order valence-electron chi connectivity index (χ4n) is 5.49. The maximum atomic E-state index is 13.9. The van der Waals surface area contributed by atoms with Crippen LogP contribution in [0.4, 0.5) is 5.69 Å². The number of hydrogen-bond donors (Lipinski definition) is 1. The number of sulfonamides is 1. The van der Waals surface area contributed by atoms with Gasteiger partial charge in [0.05, 0.1) is 11.6 Å². The van der Waals surface area contributed by atoms with Crippen LogP contribution < -0.4 is 10.2 Å². The third-order valence-corrected chi connectivity index (χ3v) is 9.74. The number of anilines is 1. The molecular weight excluding hydrogens is 500 g/mol. The van der Waals surface area contributed by atoms with E-state index < -0.39 is 15.6 Å². The molecule has 0 aliphatic carbocycles. The number of para-hydroxylation sites is 1. The second-order valence-electron chi connectivity index (χ2n) is 10.2. The van der Waals surface area contributed by atoms with Crippen molar-refractivity contribution in [3.63, 3.8) is 0 Å². The van der Waals surface area contributed by atoms with Crippen molar-refractivity contribution in [1.82, 2.24) is 14.5 Å². The van der Waals surface area contributed by atoms with E-state index in [1.165, 1.54) is 4.31 Å². The van der Waals surface area contributed by atoms with Crippen molar-refractivity contribution in [3.8, 4) is 0 Å². The first-order valence-corrected chi connectivity index (χ1v) is 14.6. The van der Waals surface area contributed by atoms with Crippen LogP contribution in [0.15, 0.2) is 77.7 Å². The molecule has 9 heteroatoms. The molecule has 1 atom stereocenters. The lowest BCUT2D eigenvalue weighted by molar-refractivity contribution is -0.137. The van der Waals surface area contributed by atoms with Crippen LogP contribution in [0.25, 0.3) is 10.8 Å². The number of hydrogen-bond acceptors (Lipinski definition) is 5. The van der Waals surface area contributed by atoms with Crippen LogP contribution in [0.5, 0.6) is 0 Å². The van der Waals surface area contributed by atoms with Crippen molar-refractivity contribution in [2.24, 2.45) is 0 Å². The summed E-state index contributed by atoms with van der Waals surface area (Å²) >= 11 is 0. The Morgan fingerprint density at radius 2 is 1.63 bits per heavy atom. The normalized spacial score (nSPS) is 18.7. The first-order valence-electron chi connectivity index (χ1n) is 13.1. The van der Waals surface area contributed by atoms with E-state index in [9.17, 15) is 18.0 Å². The van der Waals surface area contributed by atoms with Gasteiger partial charge in [0.25, 0.3) is 0 Å². The topological polar surface area (TPSA) is 90.0 Å². The second kappa shape index (κ2) is 10.4.